The van der Waals surface area contributed by atoms with Gasteiger partial charge in [0, 0.05) is 53.9 Å². The van der Waals surface area contributed by atoms with E-state index in [9.17, 15) is 13.2 Å². The second kappa shape index (κ2) is 12.9. The molecule has 0 spiro atoms. The number of aryl methyl sites for hydroxylation is 1. The first-order valence-corrected chi connectivity index (χ1v) is 14.3. The SMILES string of the molecule is COc1ccc(S(=O)(=O)N(CCNc2cc(C)nc3ccc(Cl)cc23)CCC(=O)Nc2ccc(OC)nc2)cc1. The normalized spacial score (nSPS) is 11.4. The number of anilines is 2. The number of sulfonamides is 1. The molecule has 0 aliphatic rings. The molecule has 0 unspecified atom stereocenters. The van der Waals surface area contributed by atoms with Crippen LogP contribution in [0.1, 0.15) is 12.1 Å². The number of carbonyl (C=O) groups is 1. The highest BCUT2D eigenvalue weighted by molar-refractivity contribution is 7.89. The van der Waals surface area contributed by atoms with Crippen molar-refractivity contribution in [2.75, 3.05) is 44.5 Å². The van der Waals surface area contributed by atoms with E-state index in [0.717, 1.165) is 22.3 Å². The first kappa shape index (κ1) is 29.1. The number of pyridine rings is 2. The van der Waals surface area contributed by atoms with E-state index in [4.69, 9.17) is 21.1 Å². The Morgan fingerprint density at radius 3 is 2.45 bits per heavy atom. The first-order chi connectivity index (χ1) is 19.2. The quantitative estimate of drug-likeness (QED) is 0.245. The Balaban J connectivity index is 1.50. The fraction of sp³-hybridized carbons (Fsp3) is 0.250. The molecule has 0 saturated heterocycles. The van der Waals surface area contributed by atoms with Crippen molar-refractivity contribution in [2.24, 2.45) is 0 Å². The molecular formula is C28H30ClN5O5S. The van der Waals surface area contributed by atoms with Gasteiger partial charge in [-0.15, -0.1) is 0 Å². The molecule has 2 N–H and O–H groups in total. The highest BCUT2D eigenvalue weighted by Gasteiger charge is 2.25. The number of ether oxygens (including phenoxy) is 2. The van der Waals surface area contributed by atoms with Gasteiger partial charge in [-0.05, 0) is 61.5 Å². The summed E-state index contributed by atoms with van der Waals surface area (Å²) in [5, 5.41) is 7.46. The Morgan fingerprint density at radius 2 is 1.77 bits per heavy atom. The largest absolute Gasteiger partial charge is 0.497 e. The van der Waals surface area contributed by atoms with E-state index < -0.39 is 10.0 Å². The summed E-state index contributed by atoms with van der Waals surface area (Å²) in [6, 6.07) is 16.7. The molecule has 4 rings (SSSR count). The molecular weight excluding hydrogens is 554 g/mol. The van der Waals surface area contributed by atoms with Crippen molar-refractivity contribution in [1.29, 1.82) is 0 Å². The van der Waals surface area contributed by atoms with E-state index in [1.807, 2.05) is 25.1 Å². The molecule has 2 aromatic carbocycles. The van der Waals surface area contributed by atoms with Gasteiger partial charge in [0.05, 0.1) is 36.5 Å². The average Bonchev–Trinajstić information content (AvgIpc) is 2.95. The van der Waals surface area contributed by atoms with Crippen molar-refractivity contribution in [3.8, 4) is 11.6 Å². The lowest BCUT2D eigenvalue weighted by Crippen LogP contribution is -2.37. The molecule has 2 aromatic heterocycles. The van der Waals surface area contributed by atoms with Crippen LogP contribution >= 0.6 is 11.6 Å². The number of halogens is 1. The number of aromatic nitrogens is 2. The lowest BCUT2D eigenvalue weighted by Gasteiger charge is -2.23. The van der Waals surface area contributed by atoms with Gasteiger partial charge in [-0.3, -0.25) is 9.78 Å². The minimum atomic E-state index is -3.92. The molecule has 1 amide bonds. The van der Waals surface area contributed by atoms with Crippen molar-refractivity contribution < 1.29 is 22.7 Å². The molecule has 10 nitrogen and oxygen atoms in total. The summed E-state index contributed by atoms with van der Waals surface area (Å²) in [5.41, 5.74) is 2.86. The van der Waals surface area contributed by atoms with Crippen LogP contribution in [0.4, 0.5) is 11.4 Å². The Morgan fingerprint density at radius 1 is 1.00 bits per heavy atom. The molecule has 0 aliphatic heterocycles. The summed E-state index contributed by atoms with van der Waals surface area (Å²) in [5.74, 6) is 0.611. The summed E-state index contributed by atoms with van der Waals surface area (Å²) in [4.78, 5) is 21.4. The minimum Gasteiger partial charge on any atom is -0.497 e. The molecule has 0 fully saturated rings. The van der Waals surface area contributed by atoms with E-state index in [1.54, 1.807) is 30.3 Å². The molecule has 0 atom stereocenters. The third-order valence-corrected chi connectivity index (χ3v) is 8.24. The second-order valence-electron chi connectivity index (χ2n) is 8.87. The smallest absolute Gasteiger partial charge is 0.243 e. The van der Waals surface area contributed by atoms with Crippen LogP contribution in [-0.2, 0) is 14.8 Å². The Kier molecular flexibility index (Phi) is 9.41. The van der Waals surface area contributed by atoms with Crippen molar-refractivity contribution in [3.63, 3.8) is 0 Å². The molecule has 4 aromatic rings. The predicted octanol–water partition coefficient (Wildman–Crippen LogP) is 4.74. The Labute approximate surface area is 238 Å². The number of methoxy groups -OCH3 is 2. The standard InChI is InChI=1S/C28H30ClN5O5S/c1-19-16-26(24-17-20(29)4-10-25(24)32-19)30-13-15-34(40(36,37)23-8-6-22(38-2)7-9-23)14-12-27(35)33-21-5-11-28(39-3)31-18-21/h4-11,16-18H,12-15H2,1-3H3,(H,30,32)(H,33,35). The van der Waals surface area contributed by atoms with Crippen LogP contribution in [0.3, 0.4) is 0 Å². The van der Waals surface area contributed by atoms with Gasteiger partial charge in [0.1, 0.15) is 5.75 Å². The lowest BCUT2D eigenvalue weighted by atomic mass is 10.1. The number of amides is 1. The van der Waals surface area contributed by atoms with Crippen molar-refractivity contribution in [1.82, 2.24) is 14.3 Å². The number of nitrogens with zero attached hydrogens (tertiary/aromatic N) is 3. The van der Waals surface area contributed by atoms with E-state index in [-0.39, 0.29) is 36.9 Å². The van der Waals surface area contributed by atoms with Crippen LogP contribution in [0.25, 0.3) is 10.9 Å². The maximum atomic E-state index is 13.6. The summed E-state index contributed by atoms with van der Waals surface area (Å²) in [7, 11) is -0.909. The first-order valence-electron chi connectivity index (χ1n) is 12.4. The summed E-state index contributed by atoms with van der Waals surface area (Å²) in [6.07, 6.45) is 1.41. The van der Waals surface area contributed by atoms with E-state index in [2.05, 4.69) is 20.6 Å². The fourth-order valence-electron chi connectivity index (χ4n) is 4.07. The molecule has 0 bridgehead atoms. The second-order valence-corrected chi connectivity index (χ2v) is 11.2. The van der Waals surface area contributed by atoms with E-state index in [1.165, 1.54) is 36.9 Å². The monoisotopic (exact) mass is 583 g/mol. The highest BCUT2D eigenvalue weighted by Crippen LogP contribution is 2.26. The zero-order valence-electron chi connectivity index (χ0n) is 22.3. The molecule has 0 saturated carbocycles. The number of rotatable bonds is 12. The van der Waals surface area contributed by atoms with Gasteiger partial charge in [0.15, 0.2) is 0 Å². The van der Waals surface area contributed by atoms with Crippen molar-refractivity contribution in [2.45, 2.75) is 18.2 Å². The van der Waals surface area contributed by atoms with E-state index in [0.29, 0.717) is 22.3 Å². The number of nitrogens with one attached hydrogen (secondary N) is 2. The fourth-order valence-corrected chi connectivity index (χ4v) is 5.68. The minimum absolute atomic E-state index is 0.0343. The van der Waals surface area contributed by atoms with Crippen LogP contribution in [-0.4, -0.2) is 62.5 Å². The maximum absolute atomic E-state index is 13.6. The third kappa shape index (κ3) is 7.17. The Hall–Kier alpha value is -3.93. The summed E-state index contributed by atoms with van der Waals surface area (Å²) >= 11 is 6.21. The number of benzene rings is 2. The van der Waals surface area contributed by atoms with Crippen molar-refractivity contribution in [3.05, 3.63) is 77.6 Å². The van der Waals surface area contributed by atoms with Gasteiger partial charge in [0.2, 0.25) is 21.8 Å². The van der Waals surface area contributed by atoms with Crippen LogP contribution < -0.4 is 20.1 Å². The molecule has 12 heteroatoms. The molecule has 40 heavy (non-hydrogen) atoms. The third-order valence-electron chi connectivity index (χ3n) is 6.09. The molecule has 210 valence electrons. The topological polar surface area (TPSA) is 123 Å². The number of fused-ring (bicyclic) bond motifs is 1. The van der Waals surface area contributed by atoms with Gasteiger partial charge in [-0.2, -0.15) is 4.31 Å². The summed E-state index contributed by atoms with van der Waals surface area (Å²) in [6.45, 7) is 2.24. The van der Waals surface area contributed by atoms with Crippen LogP contribution in [0.5, 0.6) is 11.6 Å². The van der Waals surface area contributed by atoms with Crippen LogP contribution in [0.15, 0.2) is 71.8 Å². The van der Waals surface area contributed by atoms with Gasteiger partial charge in [-0.25, -0.2) is 13.4 Å². The number of hydrogen-bond acceptors (Lipinski definition) is 8. The zero-order chi connectivity index (χ0) is 28.7. The Bertz CT molecular complexity index is 1580. The van der Waals surface area contributed by atoms with Gasteiger partial charge >= 0.3 is 0 Å². The summed E-state index contributed by atoms with van der Waals surface area (Å²) < 4.78 is 38.7. The number of hydrogen-bond donors (Lipinski definition) is 2. The zero-order valence-corrected chi connectivity index (χ0v) is 23.9. The highest BCUT2D eigenvalue weighted by atomic mass is 35.5. The molecule has 0 aliphatic carbocycles. The van der Waals surface area contributed by atoms with Gasteiger partial charge in [0.25, 0.3) is 0 Å². The number of carbonyl (C=O) groups excluding carboxylic acids is 1. The molecule has 0 radical (unpaired) electrons. The average molecular weight is 584 g/mol. The van der Waals surface area contributed by atoms with Gasteiger partial charge in [-0.1, -0.05) is 11.6 Å². The maximum Gasteiger partial charge on any atom is 0.243 e. The predicted molar refractivity (Wildman–Crippen MR) is 156 cm³/mol. The van der Waals surface area contributed by atoms with Crippen LogP contribution in [0, 0.1) is 6.92 Å². The van der Waals surface area contributed by atoms with E-state index >= 15 is 0 Å². The lowest BCUT2D eigenvalue weighted by molar-refractivity contribution is -0.116. The molecule has 2 heterocycles. The van der Waals surface area contributed by atoms with Crippen molar-refractivity contribution >= 4 is 49.8 Å². The van der Waals surface area contributed by atoms with Gasteiger partial charge < -0.3 is 20.1 Å². The van der Waals surface area contributed by atoms with Crippen LogP contribution in [0.2, 0.25) is 5.02 Å².